The minimum Gasteiger partial charge on any atom is -0.451 e. The van der Waals surface area contributed by atoms with E-state index in [2.05, 4.69) is 15.9 Å². The zero-order chi connectivity index (χ0) is 13.4. The van der Waals surface area contributed by atoms with E-state index in [4.69, 9.17) is 4.42 Å². The molecule has 4 nitrogen and oxygen atoms in total. The van der Waals surface area contributed by atoms with Crippen LogP contribution in [0.3, 0.4) is 0 Å². The number of hydrogen-bond acceptors (Lipinski definition) is 3. The summed E-state index contributed by atoms with van der Waals surface area (Å²) in [5.74, 6) is 0.196. The number of aliphatic hydroxyl groups is 1. The zero-order valence-corrected chi connectivity index (χ0v) is 11.9. The highest BCUT2D eigenvalue weighted by atomic mass is 79.9. The maximum absolute atomic E-state index is 12.4. The van der Waals surface area contributed by atoms with Crippen LogP contribution in [0, 0.1) is 0 Å². The lowest BCUT2D eigenvalue weighted by atomic mass is 10.2. The Labute approximate surface area is 119 Å². The molecule has 0 saturated carbocycles. The minimum atomic E-state index is -0.139. The monoisotopic (exact) mass is 323 g/mol. The van der Waals surface area contributed by atoms with Crippen LogP contribution in [0.25, 0.3) is 11.0 Å². The fourth-order valence-corrected chi connectivity index (χ4v) is 3.03. The Morgan fingerprint density at radius 2 is 2.37 bits per heavy atom. The lowest BCUT2D eigenvalue weighted by Gasteiger charge is -2.21. The Morgan fingerprint density at radius 1 is 1.53 bits per heavy atom. The van der Waals surface area contributed by atoms with Gasteiger partial charge in [-0.15, -0.1) is 0 Å². The number of benzene rings is 1. The molecule has 1 amide bonds. The molecule has 1 atom stereocenters. The molecule has 1 fully saturated rings. The van der Waals surface area contributed by atoms with E-state index in [0.717, 1.165) is 22.7 Å². The molecule has 1 aliphatic rings. The summed E-state index contributed by atoms with van der Waals surface area (Å²) in [5.41, 5.74) is 0.692. The summed E-state index contributed by atoms with van der Waals surface area (Å²) in [5, 5.41) is 10.2. The van der Waals surface area contributed by atoms with Crippen molar-refractivity contribution in [3.05, 3.63) is 34.5 Å². The number of carbonyl (C=O) groups excluding carboxylic acids is 1. The molecule has 1 N–H and O–H groups in total. The molecule has 1 unspecified atom stereocenters. The van der Waals surface area contributed by atoms with Gasteiger partial charge in [0.2, 0.25) is 0 Å². The molecule has 2 aromatic rings. The predicted octanol–water partition coefficient (Wildman–Crippen LogP) is 2.79. The third kappa shape index (κ3) is 2.17. The number of likely N-dealkylation sites (tertiary alicyclic amines) is 1. The molecule has 0 bridgehead atoms. The van der Waals surface area contributed by atoms with Gasteiger partial charge in [-0.05, 0) is 31.0 Å². The number of carbonyl (C=O) groups is 1. The molecule has 1 aliphatic heterocycles. The number of amides is 1. The van der Waals surface area contributed by atoms with Crippen LogP contribution in [-0.2, 0) is 0 Å². The number of halogens is 1. The van der Waals surface area contributed by atoms with Gasteiger partial charge in [0, 0.05) is 16.4 Å². The van der Waals surface area contributed by atoms with Crippen LogP contribution < -0.4 is 0 Å². The largest absolute Gasteiger partial charge is 0.451 e. The van der Waals surface area contributed by atoms with Gasteiger partial charge in [-0.2, -0.15) is 0 Å². The molecular weight excluding hydrogens is 310 g/mol. The Bertz CT molecular complexity index is 622. The van der Waals surface area contributed by atoms with Crippen molar-refractivity contribution in [1.29, 1.82) is 0 Å². The van der Waals surface area contributed by atoms with Crippen molar-refractivity contribution in [2.45, 2.75) is 18.9 Å². The van der Waals surface area contributed by atoms with Crippen molar-refractivity contribution >= 4 is 32.8 Å². The molecule has 5 heteroatoms. The molecule has 0 aliphatic carbocycles. The summed E-state index contributed by atoms with van der Waals surface area (Å²) in [6.07, 6.45) is 1.78. The van der Waals surface area contributed by atoms with Gasteiger partial charge in [0.15, 0.2) is 5.76 Å². The van der Waals surface area contributed by atoms with Crippen LogP contribution in [0.15, 0.2) is 33.2 Å². The maximum atomic E-state index is 12.4. The predicted molar refractivity (Wildman–Crippen MR) is 75.1 cm³/mol. The number of hydrogen-bond donors (Lipinski definition) is 1. The van der Waals surface area contributed by atoms with E-state index in [9.17, 15) is 9.90 Å². The molecule has 0 radical (unpaired) electrons. The van der Waals surface area contributed by atoms with E-state index >= 15 is 0 Å². The lowest BCUT2D eigenvalue weighted by Crippen LogP contribution is -2.37. The number of aliphatic hydroxyl groups excluding tert-OH is 1. The summed E-state index contributed by atoms with van der Waals surface area (Å²) in [7, 11) is 0. The van der Waals surface area contributed by atoms with Crippen LogP contribution in [-0.4, -0.2) is 35.1 Å². The average molecular weight is 324 g/mol. The van der Waals surface area contributed by atoms with E-state index in [0.29, 0.717) is 17.9 Å². The molecule has 1 aromatic heterocycles. The number of furan rings is 1. The van der Waals surface area contributed by atoms with Gasteiger partial charge in [-0.25, -0.2) is 0 Å². The second-order valence-corrected chi connectivity index (χ2v) is 5.59. The maximum Gasteiger partial charge on any atom is 0.289 e. The van der Waals surface area contributed by atoms with Gasteiger partial charge >= 0.3 is 0 Å². The van der Waals surface area contributed by atoms with Crippen LogP contribution in [0.2, 0.25) is 0 Å². The molecule has 0 spiro atoms. The van der Waals surface area contributed by atoms with Crippen molar-refractivity contribution in [2.75, 3.05) is 13.2 Å². The van der Waals surface area contributed by atoms with E-state index in [-0.39, 0.29) is 18.6 Å². The molecule has 3 rings (SSSR count). The molecule has 100 valence electrons. The van der Waals surface area contributed by atoms with Gasteiger partial charge < -0.3 is 14.4 Å². The van der Waals surface area contributed by atoms with Crippen LogP contribution in [0.5, 0.6) is 0 Å². The van der Waals surface area contributed by atoms with Gasteiger partial charge in [0.25, 0.3) is 5.91 Å². The summed E-state index contributed by atoms with van der Waals surface area (Å²) >= 11 is 3.44. The molecule has 1 saturated heterocycles. The topological polar surface area (TPSA) is 53.7 Å². The quantitative estimate of drug-likeness (QED) is 0.924. The van der Waals surface area contributed by atoms with Crippen molar-refractivity contribution in [3.8, 4) is 0 Å². The van der Waals surface area contributed by atoms with Crippen LogP contribution in [0.4, 0.5) is 0 Å². The first kappa shape index (κ1) is 12.7. The van der Waals surface area contributed by atoms with Gasteiger partial charge in [-0.3, -0.25) is 4.79 Å². The summed E-state index contributed by atoms with van der Waals surface area (Å²) in [6.45, 7) is 0.692. The second-order valence-electron chi connectivity index (χ2n) is 4.74. The Kier molecular flexibility index (Phi) is 3.33. The summed E-state index contributed by atoms with van der Waals surface area (Å²) < 4.78 is 6.52. The van der Waals surface area contributed by atoms with Crippen molar-refractivity contribution in [1.82, 2.24) is 4.90 Å². The Hall–Kier alpha value is -1.33. The van der Waals surface area contributed by atoms with E-state index in [1.165, 1.54) is 0 Å². The molecule has 2 heterocycles. The zero-order valence-electron chi connectivity index (χ0n) is 10.3. The molecular formula is C14H14BrNO3. The highest BCUT2D eigenvalue weighted by Crippen LogP contribution is 2.29. The van der Waals surface area contributed by atoms with Gasteiger partial charge in [-0.1, -0.05) is 22.0 Å². The van der Waals surface area contributed by atoms with Gasteiger partial charge in [0.05, 0.1) is 12.6 Å². The second kappa shape index (κ2) is 4.98. The van der Waals surface area contributed by atoms with Gasteiger partial charge in [0.1, 0.15) is 5.58 Å². The third-order valence-electron chi connectivity index (χ3n) is 3.57. The standard InChI is InChI=1S/C14H14BrNO3/c15-11-4-1-5-12-10(11)7-13(19-12)14(18)16-6-2-3-9(16)8-17/h1,4-5,7,9,17H,2-3,6,8H2. The van der Waals surface area contributed by atoms with Crippen LogP contribution in [0.1, 0.15) is 23.4 Å². The number of fused-ring (bicyclic) bond motifs is 1. The summed E-state index contributed by atoms with van der Waals surface area (Å²) in [4.78, 5) is 14.1. The van der Waals surface area contributed by atoms with Crippen molar-refractivity contribution in [2.24, 2.45) is 0 Å². The van der Waals surface area contributed by atoms with E-state index in [1.54, 1.807) is 11.0 Å². The highest BCUT2D eigenvalue weighted by Gasteiger charge is 2.30. The third-order valence-corrected chi connectivity index (χ3v) is 4.26. The molecule has 1 aromatic carbocycles. The first-order valence-corrected chi connectivity index (χ1v) is 7.10. The van der Waals surface area contributed by atoms with Crippen molar-refractivity contribution in [3.63, 3.8) is 0 Å². The van der Waals surface area contributed by atoms with E-state index in [1.807, 2.05) is 18.2 Å². The first-order valence-electron chi connectivity index (χ1n) is 6.30. The lowest BCUT2D eigenvalue weighted by molar-refractivity contribution is 0.0648. The Morgan fingerprint density at radius 3 is 3.11 bits per heavy atom. The fraction of sp³-hybridized carbons (Fsp3) is 0.357. The number of rotatable bonds is 2. The van der Waals surface area contributed by atoms with E-state index < -0.39 is 0 Å². The van der Waals surface area contributed by atoms with Crippen molar-refractivity contribution < 1.29 is 14.3 Å². The first-order chi connectivity index (χ1) is 9.20. The molecule has 19 heavy (non-hydrogen) atoms. The van der Waals surface area contributed by atoms with Crippen LogP contribution >= 0.6 is 15.9 Å². The summed E-state index contributed by atoms with van der Waals surface area (Å²) in [6, 6.07) is 7.30. The Balaban J connectivity index is 1.95. The average Bonchev–Trinajstić information content (AvgIpc) is 3.04. The normalized spacial score (nSPS) is 19.3. The smallest absolute Gasteiger partial charge is 0.289 e. The number of nitrogens with zero attached hydrogens (tertiary/aromatic N) is 1. The fourth-order valence-electron chi connectivity index (χ4n) is 2.57. The SMILES string of the molecule is O=C(c1cc2c(Br)cccc2o1)N1CCCC1CO. The highest BCUT2D eigenvalue weighted by molar-refractivity contribution is 9.10. The minimum absolute atomic E-state index is 0.00959.